The van der Waals surface area contributed by atoms with Gasteiger partial charge in [-0.3, -0.25) is 0 Å². The van der Waals surface area contributed by atoms with Gasteiger partial charge in [-0.2, -0.15) is 4.98 Å². The van der Waals surface area contributed by atoms with E-state index in [0.717, 1.165) is 10.0 Å². The Morgan fingerprint density at radius 2 is 1.89 bits per heavy atom. The van der Waals surface area contributed by atoms with E-state index in [-0.39, 0.29) is 12.2 Å². The molecule has 0 aliphatic heterocycles. The van der Waals surface area contributed by atoms with E-state index >= 15 is 0 Å². The maximum absolute atomic E-state index is 10.9. The number of hydrogen-bond donors (Lipinski definition) is 3. The van der Waals surface area contributed by atoms with Crippen LogP contribution >= 0.6 is 15.9 Å². The zero-order chi connectivity index (χ0) is 14.0. The Balaban J connectivity index is 2.42. The molecule has 19 heavy (non-hydrogen) atoms. The average Bonchev–Trinajstić information content (AvgIpc) is 2.36. The Labute approximate surface area is 116 Å². The van der Waals surface area contributed by atoms with Gasteiger partial charge in [0.2, 0.25) is 5.75 Å². The van der Waals surface area contributed by atoms with Crippen molar-refractivity contribution in [3.05, 3.63) is 45.8 Å². The molecule has 98 valence electrons. The van der Waals surface area contributed by atoms with Crippen LogP contribution in [0.4, 0.5) is 0 Å². The Hall–Kier alpha value is -2.15. The van der Waals surface area contributed by atoms with Crippen molar-refractivity contribution in [3.63, 3.8) is 0 Å². The van der Waals surface area contributed by atoms with Crippen LogP contribution in [0.1, 0.15) is 21.9 Å². The summed E-state index contributed by atoms with van der Waals surface area (Å²) in [5.74, 6) is -2.89. The lowest BCUT2D eigenvalue weighted by atomic mass is 10.1. The number of carbonyl (C=O) groups is 1. The highest BCUT2D eigenvalue weighted by atomic mass is 79.9. The van der Waals surface area contributed by atoms with E-state index < -0.39 is 23.3 Å². The Morgan fingerprint density at radius 1 is 1.21 bits per heavy atom. The maximum atomic E-state index is 10.9. The van der Waals surface area contributed by atoms with Crippen molar-refractivity contribution in [2.75, 3.05) is 0 Å². The van der Waals surface area contributed by atoms with E-state index in [2.05, 4.69) is 25.9 Å². The number of aromatic carboxylic acids is 1. The topological polar surface area (TPSA) is 104 Å². The summed E-state index contributed by atoms with van der Waals surface area (Å²) in [6, 6.07) is 7.30. The lowest BCUT2D eigenvalue weighted by Crippen LogP contribution is -2.06. The third kappa shape index (κ3) is 2.82. The summed E-state index contributed by atoms with van der Waals surface area (Å²) in [5.41, 5.74) is 0.221. The number of halogens is 1. The monoisotopic (exact) mass is 324 g/mol. The van der Waals surface area contributed by atoms with E-state index in [1.807, 2.05) is 24.3 Å². The molecular formula is C12H9BrN2O4. The second kappa shape index (κ2) is 5.23. The second-order valence-corrected chi connectivity index (χ2v) is 4.59. The molecule has 0 saturated carbocycles. The number of benzene rings is 1. The first-order chi connectivity index (χ1) is 8.99. The number of nitrogens with zero attached hydrogens (tertiary/aromatic N) is 2. The van der Waals surface area contributed by atoms with Gasteiger partial charge in [-0.1, -0.05) is 34.1 Å². The number of hydrogen-bond acceptors (Lipinski definition) is 5. The minimum atomic E-state index is -1.43. The Kier molecular flexibility index (Phi) is 3.66. The molecule has 0 spiro atoms. The zero-order valence-corrected chi connectivity index (χ0v) is 11.1. The van der Waals surface area contributed by atoms with Gasteiger partial charge in [0.25, 0.3) is 5.88 Å². The summed E-state index contributed by atoms with van der Waals surface area (Å²) in [7, 11) is 0. The lowest BCUT2D eigenvalue weighted by Gasteiger charge is -2.06. The fourth-order valence-electron chi connectivity index (χ4n) is 1.53. The number of carboxylic acid groups (broad SMARTS) is 1. The quantitative estimate of drug-likeness (QED) is 0.797. The molecule has 0 aliphatic carbocycles. The Morgan fingerprint density at radius 3 is 2.53 bits per heavy atom. The van der Waals surface area contributed by atoms with E-state index in [0.29, 0.717) is 0 Å². The lowest BCUT2D eigenvalue weighted by molar-refractivity contribution is 0.0685. The van der Waals surface area contributed by atoms with Crippen LogP contribution in [0.5, 0.6) is 11.6 Å². The molecule has 3 N–H and O–H groups in total. The van der Waals surface area contributed by atoms with Gasteiger partial charge >= 0.3 is 5.97 Å². The van der Waals surface area contributed by atoms with Gasteiger partial charge in [0.05, 0.1) is 0 Å². The highest BCUT2D eigenvalue weighted by molar-refractivity contribution is 9.10. The van der Waals surface area contributed by atoms with Crippen LogP contribution in [0.3, 0.4) is 0 Å². The van der Waals surface area contributed by atoms with Crippen LogP contribution in [0, 0.1) is 0 Å². The molecule has 0 saturated heterocycles. The fraction of sp³-hybridized carbons (Fsp3) is 0.0833. The summed E-state index contributed by atoms with van der Waals surface area (Å²) < 4.78 is 0.822. The molecule has 0 fully saturated rings. The smallest absolute Gasteiger partial charge is 0.358 e. The summed E-state index contributed by atoms with van der Waals surface area (Å²) in [6.07, 6.45) is 0.232. The van der Waals surface area contributed by atoms with E-state index in [1.165, 1.54) is 0 Å². The molecule has 1 aromatic carbocycles. The predicted molar refractivity (Wildman–Crippen MR) is 69.3 cm³/mol. The molecule has 0 atom stereocenters. The molecule has 2 aromatic rings. The van der Waals surface area contributed by atoms with E-state index in [1.54, 1.807) is 0 Å². The van der Waals surface area contributed by atoms with Crippen LogP contribution < -0.4 is 0 Å². The molecule has 1 aromatic heterocycles. The number of aromatic nitrogens is 2. The van der Waals surface area contributed by atoms with Crippen LogP contribution in [0.15, 0.2) is 28.7 Å². The van der Waals surface area contributed by atoms with Crippen LogP contribution in [-0.4, -0.2) is 31.3 Å². The summed E-state index contributed by atoms with van der Waals surface area (Å²) in [6.45, 7) is 0. The number of aromatic hydroxyl groups is 2. The molecule has 7 heteroatoms. The second-order valence-electron chi connectivity index (χ2n) is 3.73. The summed E-state index contributed by atoms with van der Waals surface area (Å²) in [4.78, 5) is 18.3. The van der Waals surface area contributed by atoms with Crippen molar-refractivity contribution in [1.82, 2.24) is 9.97 Å². The number of rotatable bonds is 3. The SMILES string of the molecule is O=C(O)c1nc(Cc2ccccc2Br)nc(O)c1O. The normalized spacial score (nSPS) is 10.4. The maximum Gasteiger partial charge on any atom is 0.358 e. The van der Waals surface area contributed by atoms with Crippen molar-refractivity contribution in [2.24, 2.45) is 0 Å². The van der Waals surface area contributed by atoms with Gasteiger partial charge in [0, 0.05) is 10.9 Å². The fourth-order valence-corrected chi connectivity index (χ4v) is 1.95. The molecule has 0 radical (unpaired) electrons. The molecular weight excluding hydrogens is 316 g/mol. The highest BCUT2D eigenvalue weighted by Crippen LogP contribution is 2.26. The van der Waals surface area contributed by atoms with Gasteiger partial charge in [0.1, 0.15) is 5.82 Å². The highest BCUT2D eigenvalue weighted by Gasteiger charge is 2.19. The molecule has 6 nitrogen and oxygen atoms in total. The minimum absolute atomic E-state index is 0.111. The molecule has 1 heterocycles. The van der Waals surface area contributed by atoms with Crippen molar-refractivity contribution < 1.29 is 20.1 Å². The van der Waals surface area contributed by atoms with Crippen LogP contribution in [-0.2, 0) is 6.42 Å². The van der Waals surface area contributed by atoms with E-state index in [4.69, 9.17) is 5.11 Å². The third-order valence-electron chi connectivity index (χ3n) is 2.42. The standard InChI is InChI=1S/C12H9BrN2O4/c13-7-4-2-1-3-6(7)5-8-14-9(12(18)19)10(16)11(17)15-8/h1-4,16H,5H2,(H,18,19)(H,14,15,17). The minimum Gasteiger partial charge on any atom is -0.501 e. The zero-order valence-electron chi connectivity index (χ0n) is 9.54. The summed E-state index contributed by atoms with van der Waals surface area (Å²) >= 11 is 3.35. The molecule has 2 rings (SSSR count). The van der Waals surface area contributed by atoms with Crippen molar-refractivity contribution in [1.29, 1.82) is 0 Å². The van der Waals surface area contributed by atoms with Gasteiger partial charge < -0.3 is 15.3 Å². The van der Waals surface area contributed by atoms with Crippen LogP contribution in [0.2, 0.25) is 0 Å². The largest absolute Gasteiger partial charge is 0.501 e. The average molecular weight is 325 g/mol. The van der Waals surface area contributed by atoms with Crippen LogP contribution in [0.25, 0.3) is 0 Å². The van der Waals surface area contributed by atoms with Gasteiger partial charge in [0.15, 0.2) is 5.69 Å². The number of carboxylic acids is 1. The van der Waals surface area contributed by atoms with Gasteiger partial charge in [-0.05, 0) is 11.6 Å². The summed E-state index contributed by atoms with van der Waals surface area (Å²) in [5, 5.41) is 27.6. The predicted octanol–water partition coefficient (Wildman–Crippen LogP) is 1.94. The van der Waals surface area contributed by atoms with Crippen molar-refractivity contribution in [3.8, 4) is 11.6 Å². The molecule has 0 amide bonds. The van der Waals surface area contributed by atoms with Gasteiger partial charge in [-0.15, -0.1) is 0 Å². The van der Waals surface area contributed by atoms with Crippen molar-refractivity contribution in [2.45, 2.75) is 6.42 Å². The molecule has 0 unspecified atom stereocenters. The van der Waals surface area contributed by atoms with Crippen molar-refractivity contribution >= 4 is 21.9 Å². The van der Waals surface area contributed by atoms with Gasteiger partial charge in [-0.25, -0.2) is 9.78 Å². The first-order valence-electron chi connectivity index (χ1n) is 5.24. The first kappa shape index (κ1) is 13.3. The first-order valence-corrected chi connectivity index (χ1v) is 6.04. The van der Waals surface area contributed by atoms with E-state index in [9.17, 15) is 15.0 Å². The molecule has 0 bridgehead atoms. The molecule has 0 aliphatic rings. The third-order valence-corrected chi connectivity index (χ3v) is 3.19. The Bertz CT molecular complexity index is 646.